The molecule has 1 aromatic carbocycles. The predicted molar refractivity (Wildman–Crippen MR) is 79.4 cm³/mol. The number of ether oxygens (including phenoxy) is 1. The lowest BCUT2D eigenvalue weighted by Gasteiger charge is -2.08. The molecule has 0 saturated carbocycles. The van der Waals surface area contributed by atoms with Gasteiger partial charge in [0.15, 0.2) is 0 Å². The van der Waals surface area contributed by atoms with E-state index in [2.05, 4.69) is 15.3 Å². The monoisotopic (exact) mass is 287 g/mol. The SMILES string of the molecule is CNc1nc(Oc2ccc(CO)cc2)c2ccsc2n1. The maximum absolute atomic E-state index is 9.03. The summed E-state index contributed by atoms with van der Waals surface area (Å²) in [6.07, 6.45) is 0. The molecule has 0 aliphatic heterocycles. The third kappa shape index (κ3) is 2.43. The van der Waals surface area contributed by atoms with Crippen LogP contribution >= 0.6 is 11.3 Å². The van der Waals surface area contributed by atoms with Crippen LogP contribution in [0.3, 0.4) is 0 Å². The highest BCUT2D eigenvalue weighted by atomic mass is 32.1. The summed E-state index contributed by atoms with van der Waals surface area (Å²) < 4.78 is 5.83. The molecular formula is C14H13N3O2S. The van der Waals surface area contributed by atoms with Crippen LogP contribution in [0.15, 0.2) is 35.7 Å². The van der Waals surface area contributed by atoms with Crippen molar-refractivity contribution in [2.75, 3.05) is 12.4 Å². The summed E-state index contributed by atoms with van der Waals surface area (Å²) in [5, 5.41) is 14.8. The minimum Gasteiger partial charge on any atom is -0.438 e. The maximum atomic E-state index is 9.03. The summed E-state index contributed by atoms with van der Waals surface area (Å²) in [7, 11) is 1.77. The van der Waals surface area contributed by atoms with E-state index >= 15 is 0 Å². The van der Waals surface area contributed by atoms with Gasteiger partial charge < -0.3 is 15.2 Å². The standard InChI is InChI=1S/C14H13N3O2S/c1-15-14-16-12(11-6-7-20-13(11)17-14)19-10-4-2-9(8-18)3-5-10/h2-7,18H,8H2,1H3,(H,15,16,17). The van der Waals surface area contributed by atoms with E-state index in [0.717, 1.165) is 15.8 Å². The number of aliphatic hydroxyl groups excluding tert-OH is 1. The molecule has 20 heavy (non-hydrogen) atoms. The van der Waals surface area contributed by atoms with Gasteiger partial charge in [0.2, 0.25) is 11.8 Å². The van der Waals surface area contributed by atoms with Crippen LogP contribution in [0.1, 0.15) is 5.56 Å². The van der Waals surface area contributed by atoms with Crippen LogP contribution < -0.4 is 10.1 Å². The number of anilines is 1. The number of benzene rings is 1. The smallest absolute Gasteiger partial charge is 0.232 e. The first kappa shape index (κ1) is 12.8. The number of thiophene rings is 1. The topological polar surface area (TPSA) is 67.3 Å². The normalized spacial score (nSPS) is 10.7. The lowest BCUT2D eigenvalue weighted by Crippen LogP contribution is -1.98. The molecule has 0 saturated heterocycles. The van der Waals surface area contributed by atoms with Gasteiger partial charge in [-0.05, 0) is 29.1 Å². The lowest BCUT2D eigenvalue weighted by atomic mass is 10.2. The highest BCUT2D eigenvalue weighted by Gasteiger charge is 2.10. The molecular weight excluding hydrogens is 274 g/mol. The second-order valence-electron chi connectivity index (χ2n) is 4.15. The third-order valence-corrected chi connectivity index (χ3v) is 3.64. The molecule has 2 aromatic heterocycles. The Kier molecular flexibility index (Phi) is 3.49. The summed E-state index contributed by atoms with van der Waals surface area (Å²) in [6.45, 7) is 0.0203. The van der Waals surface area contributed by atoms with Crippen molar-refractivity contribution in [3.8, 4) is 11.6 Å². The molecule has 2 heterocycles. The number of hydrogen-bond acceptors (Lipinski definition) is 6. The first-order valence-electron chi connectivity index (χ1n) is 6.11. The van der Waals surface area contributed by atoms with E-state index in [9.17, 15) is 0 Å². The highest BCUT2D eigenvalue weighted by Crippen LogP contribution is 2.31. The number of nitrogens with zero attached hydrogens (tertiary/aromatic N) is 2. The molecule has 0 aliphatic carbocycles. The van der Waals surface area contributed by atoms with E-state index in [1.54, 1.807) is 18.4 Å². The van der Waals surface area contributed by atoms with Gasteiger partial charge in [-0.2, -0.15) is 4.98 Å². The summed E-state index contributed by atoms with van der Waals surface area (Å²) in [4.78, 5) is 9.59. The van der Waals surface area contributed by atoms with Crippen molar-refractivity contribution in [3.05, 3.63) is 41.3 Å². The van der Waals surface area contributed by atoms with Gasteiger partial charge in [-0.3, -0.25) is 0 Å². The van der Waals surface area contributed by atoms with Gasteiger partial charge in [0, 0.05) is 7.05 Å². The van der Waals surface area contributed by atoms with Gasteiger partial charge >= 0.3 is 0 Å². The van der Waals surface area contributed by atoms with Crippen LogP contribution in [-0.4, -0.2) is 22.1 Å². The Bertz CT molecular complexity index is 725. The molecule has 3 aromatic rings. The minimum atomic E-state index is 0.0203. The van der Waals surface area contributed by atoms with Crippen molar-refractivity contribution in [3.63, 3.8) is 0 Å². The second kappa shape index (κ2) is 5.44. The fourth-order valence-corrected chi connectivity index (χ4v) is 2.55. The predicted octanol–water partition coefficient (Wildman–Crippen LogP) is 3.02. The third-order valence-electron chi connectivity index (χ3n) is 2.83. The zero-order chi connectivity index (χ0) is 13.9. The number of hydrogen-bond donors (Lipinski definition) is 2. The number of nitrogens with one attached hydrogen (secondary N) is 1. The molecule has 0 atom stereocenters. The average Bonchev–Trinajstić information content (AvgIpc) is 2.96. The van der Waals surface area contributed by atoms with Crippen molar-refractivity contribution in [1.29, 1.82) is 0 Å². The maximum Gasteiger partial charge on any atom is 0.232 e. The number of aromatic nitrogens is 2. The van der Waals surface area contributed by atoms with Gasteiger partial charge in [-0.1, -0.05) is 12.1 Å². The Balaban J connectivity index is 1.98. The van der Waals surface area contributed by atoms with E-state index in [-0.39, 0.29) is 6.61 Å². The van der Waals surface area contributed by atoms with Gasteiger partial charge in [0.1, 0.15) is 10.6 Å². The first-order valence-corrected chi connectivity index (χ1v) is 6.99. The fourth-order valence-electron chi connectivity index (χ4n) is 1.79. The van der Waals surface area contributed by atoms with Crippen molar-refractivity contribution in [2.45, 2.75) is 6.61 Å². The van der Waals surface area contributed by atoms with Gasteiger partial charge in [0.05, 0.1) is 12.0 Å². The minimum absolute atomic E-state index is 0.0203. The lowest BCUT2D eigenvalue weighted by molar-refractivity contribution is 0.281. The second-order valence-corrected chi connectivity index (χ2v) is 5.04. The Morgan fingerprint density at radius 3 is 2.70 bits per heavy atom. The average molecular weight is 287 g/mol. The van der Waals surface area contributed by atoms with E-state index in [1.807, 2.05) is 35.7 Å². The van der Waals surface area contributed by atoms with Crippen molar-refractivity contribution in [1.82, 2.24) is 9.97 Å². The van der Waals surface area contributed by atoms with E-state index in [0.29, 0.717) is 17.6 Å². The van der Waals surface area contributed by atoms with Gasteiger partial charge in [0.25, 0.3) is 0 Å². The Hall–Kier alpha value is -2.18. The molecule has 0 bridgehead atoms. The van der Waals surface area contributed by atoms with Crippen LogP contribution in [0, 0.1) is 0 Å². The molecule has 6 heteroatoms. The Labute approximate surface area is 119 Å². The van der Waals surface area contributed by atoms with Gasteiger partial charge in [-0.15, -0.1) is 11.3 Å². The zero-order valence-corrected chi connectivity index (χ0v) is 11.6. The molecule has 2 N–H and O–H groups in total. The number of aliphatic hydroxyl groups is 1. The van der Waals surface area contributed by atoms with Crippen LogP contribution in [0.25, 0.3) is 10.2 Å². The Morgan fingerprint density at radius 1 is 1.20 bits per heavy atom. The van der Waals surface area contributed by atoms with Crippen LogP contribution in [0.4, 0.5) is 5.95 Å². The van der Waals surface area contributed by atoms with E-state index < -0.39 is 0 Å². The van der Waals surface area contributed by atoms with E-state index in [1.165, 1.54) is 0 Å². The molecule has 5 nitrogen and oxygen atoms in total. The summed E-state index contributed by atoms with van der Waals surface area (Å²) in [6, 6.07) is 9.20. The zero-order valence-electron chi connectivity index (χ0n) is 10.8. The first-order chi connectivity index (χ1) is 9.80. The van der Waals surface area contributed by atoms with Crippen LogP contribution in [0.5, 0.6) is 11.6 Å². The Morgan fingerprint density at radius 2 is 2.00 bits per heavy atom. The molecule has 0 unspecified atom stereocenters. The van der Waals surface area contributed by atoms with Crippen molar-refractivity contribution >= 4 is 27.5 Å². The number of fused-ring (bicyclic) bond motifs is 1. The molecule has 0 amide bonds. The quantitative estimate of drug-likeness (QED) is 0.772. The largest absolute Gasteiger partial charge is 0.438 e. The molecule has 0 spiro atoms. The van der Waals surface area contributed by atoms with Crippen LogP contribution in [-0.2, 0) is 6.61 Å². The molecule has 0 radical (unpaired) electrons. The summed E-state index contributed by atoms with van der Waals surface area (Å²) in [5.74, 6) is 1.73. The summed E-state index contributed by atoms with van der Waals surface area (Å²) in [5.41, 5.74) is 0.844. The van der Waals surface area contributed by atoms with Crippen molar-refractivity contribution < 1.29 is 9.84 Å². The summed E-state index contributed by atoms with van der Waals surface area (Å²) >= 11 is 1.54. The molecule has 0 aliphatic rings. The highest BCUT2D eigenvalue weighted by molar-refractivity contribution is 7.16. The molecule has 0 fully saturated rings. The molecule has 3 rings (SSSR count). The van der Waals surface area contributed by atoms with Crippen molar-refractivity contribution in [2.24, 2.45) is 0 Å². The molecule has 102 valence electrons. The van der Waals surface area contributed by atoms with Gasteiger partial charge in [-0.25, -0.2) is 4.98 Å². The number of rotatable bonds is 4. The van der Waals surface area contributed by atoms with E-state index in [4.69, 9.17) is 9.84 Å². The fraction of sp³-hybridized carbons (Fsp3) is 0.143. The van der Waals surface area contributed by atoms with Crippen LogP contribution in [0.2, 0.25) is 0 Å².